The Morgan fingerprint density at radius 3 is 0.765 bits per heavy atom. The Morgan fingerprint density at radius 2 is 0.481 bits per heavy atom. The maximum Gasteiger partial charge on any atom is 0.306 e. The topological polar surface area (TPSA) is 78.9 Å². The summed E-state index contributed by atoms with van der Waals surface area (Å²) in [7, 11) is 0. The summed E-state index contributed by atoms with van der Waals surface area (Å²) in [6, 6.07) is 0. The molecule has 0 heterocycles. The van der Waals surface area contributed by atoms with E-state index in [1.54, 1.807) is 0 Å². The van der Waals surface area contributed by atoms with E-state index in [1.165, 1.54) is 231 Å². The van der Waals surface area contributed by atoms with Crippen LogP contribution in [0, 0.1) is 0 Å². The van der Waals surface area contributed by atoms with Gasteiger partial charge in [-0.2, -0.15) is 0 Å². The number of allylic oxidation sites excluding steroid dienone is 12. The second-order valence-corrected chi connectivity index (χ2v) is 23.8. The summed E-state index contributed by atoms with van der Waals surface area (Å²) in [6.07, 6.45) is 90.7. The fraction of sp³-hybridized carbons (Fsp3) is 0.800. The number of ether oxygens (including phenoxy) is 3. The standard InChI is InChI=1S/C75H134O6/c1-4-7-10-13-16-19-22-25-28-31-33-34-35-36-37-38-39-40-41-42-43-45-47-50-53-56-59-62-65-68-74(77)80-71-72(70-79-73(76)67-64-61-58-55-52-49-46-30-27-24-21-18-15-12-9-6-3)81-75(78)69-66-63-60-57-54-51-48-44-32-29-26-23-20-17-14-11-8-5-2/h7,10,16,19-20,23,25,28-29,32-34,72H,4-6,8-9,11-15,17-18,21-22,24,26-27,30-31,35-71H2,1-3H3/b10-7-,19-16-,23-20-,28-25-,32-29-,34-33-. The molecule has 0 aromatic carbocycles. The lowest BCUT2D eigenvalue weighted by Crippen LogP contribution is -2.30. The number of hydrogen-bond donors (Lipinski definition) is 0. The fourth-order valence-electron chi connectivity index (χ4n) is 10.4. The summed E-state index contributed by atoms with van der Waals surface area (Å²) >= 11 is 0. The van der Waals surface area contributed by atoms with Gasteiger partial charge in [0.05, 0.1) is 0 Å². The lowest BCUT2D eigenvalue weighted by atomic mass is 10.0. The average Bonchev–Trinajstić information content (AvgIpc) is 3.47. The summed E-state index contributed by atoms with van der Waals surface area (Å²) in [6.45, 7) is 6.57. The smallest absolute Gasteiger partial charge is 0.306 e. The number of carbonyl (C=O) groups is 3. The number of hydrogen-bond acceptors (Lipinski definition) is 6. The molecule has 0 fully saturated rings. The van der Waals surface area contributed by atoms with Gasteiger partial charge in [0, 0.05) is 19.3 Å². The highest BCUT2D eigenvalue weighted by Gasteiger charge is 2.19. The van der Waals surface area contributed by atoms with Gasteiger partial charge >= 0.3 is 17.9 Å². The van der Waals surface area contributed by atoms with E-state index in [4.69, 9.17) is 14.2 Å². The van der Waals surface area contributed by atoms with E-state index in [0.717, 1.165) is 96.3 Å². The maximum atomic E-state index is 12.9. The number of rotatable bonds is 65. The summed E-state index contributed by atoms with van der Waals surface area (Å²) in [5, 5.41) is 0. The van der Waals surface area contributed by atoms with Crippen molar-refractivity contribution in [3.05, 3.63) is 72.9 Å². The van der Waals surface area contributed by atoms with Crippen molar-refractivity contribution in [1.29, 1.82) is 0 Å². The van der Waals surface area contributed by atoms with E-state index in [2.05, 4.69) is 93.7 Å². The largest absolute Gasteiger partial charge is 0.462 e. The molecule has 0 spiro atoms. The molecule has 470 valence electrons. The van der Waals surface area contributed by atoms with Crippen molar-refractivity contribution in [2.45, 2.75) is 374 Å². The molecule has 0 aromatic rings. The fourth-order valence-corrected chi connectivity index (χ4v) is 10.4. The molecule has 6 nitrogen and oxygen atoms in total. The van der Waals surface area contributed by atoms with Crippen LogP contribution in [0.15, 0.2) is 72.9 Å². The Kier molecular flexibility index (Phi) is 66.6. The summed E-state index contributed by atoms with van der Waals surface area (Å²) < 4.78 is 17.0. The normalized spacial score (nSPS) is 12.5. The zero-order valence-corrected chi connectivity index (χ0v) is 54.1. The van der Waals surface area contributed by atoms with E-state index in [-0.39, 0.29) is 31.1 Å². The summed E-state index contributed by atoms with van der Waals surface area (Å²) in [5.41, 5.74) is 0. The van der Waals surface area contributed by atoms with Crippen molar-refractivity contribution < 1.29 is 28.6 Å². The first-order valence-corrected chi connectivity index (χ1v) is 35.4. The van der Waals surface area contributed by atoms with Crippen LogP contribution in [0.25, 0.3) is 0 Å². The van der Waals surface area contributed by atoms with Gasteiger partial charge in [0.15, 0.2) is 6.10 Å². The SMILES string of the molecule is CC/C=C\C/C=C\C/C=C\C/C=C\CCCCCCCCCCCCCCCCCCC(=O)OCC(COC(=O)CCCCCCCCCCCCCCCCCC)OC(=O)CCCCCCCCC/C=C\C/C=C\CCCCCC. The molecule has 0 aliphatic carbocycles. The van der Waals surface area contributed by atoms with E-state index in [9.17, 15) is 14.4 Å². The first kappa shape index (κ1) is 77.9. The zero-order valence-electron chi connectivity index (χ0n) is 54.1. The molecule has 6 heteroatoms. The maximum absolute atomic E-state index is 12.9. The van der Waals surface area contributed by atoms with Crippen molar-refractivity contribution in [3.63, 3.8) is 0 Å². The molecule has 0 amide bonds. The highest BCUT2D eigenvalue weighted by atomic mass is 16.6. The molecule has 0 aliphatic heterocycles. The highest BCUT2D eigenvalue weighted by molar-refractivity contribution is 5.71. The van der Waals surface area contributed by atoms with Crippen molar-refractivity contribution >= 4 is 17.9 Å². The minimum absolute atomic E-state index is 0.0731. The predicted molar refractivity (Wildman–Crippen MR) is 353 cm³/mol. The van der Waals surface area contributed by atoms with Crippen LogP contribution in [-0.4, -0.2) is 37.2 Å². The second kappa shape index (κ2) is 69.3. The molecule has 0 aromatic heterocycles. The van der Waals surface area contributed by atoms with Gasteiger partial charge in [0.2, 0.25) is 0 Å². The van der Waals surface area contributed by atoms with Gasteiger partial charge in [0.25, 0.3) is 0 Å². The van der Waals surface area contributed by atoms with E-state index in [1.807, 2.05) is 0 Å². The molecular weight excluding hydrogens is 997 g/mol. The highest BCUT2D eigenvalue weighted by Crippen LogP contribution is 2.18. The summed E-state index contributed by atoms with van der Waals surface area (Å²) in [4.78, 5) is 38.5. The van der Waals surface area contributed by atoms with E-state index in [0.29, 0.717) is 19.3 Å². The summed E-state index contributed by atoms with van der Waals surface area (Å²) in [5.74, 6) is -0.857. The first-order valence-electron chi connectivity index (χ1n) is 35.4. The van der Waals surface area contributed by atoms with Crippen LogP contribution in [0.4, 0.5) is 0 Å². The van der Waals surface area contributed by atoms with Crippen LogP contribution in [0.1, 0.15) is 367 Å². The number of carbonyl (C=O) groups excluding carboxylic acids is 3. The van der Waals surface area contributed by atoms with Gasteiger partial charge in [-0.25, -0.2) is 0 Å². The van der Waals surface area contributed by atoms with Gasteiger partial charge in [-0.05, 0) is 89.9 Å². The molecule has 1 atom stereocenters. The third-order valence-electron chi connectivity index (χ3n) is 15.7. The Balaban J connectivity index is 4.25. The van der Waals surface area contributed by atoms with Crippen molar-refractivity contribution in [2.24, 2.45) is 0 Å². The predicted octanol–water partition coefficient (Wildman–Crippen LogP) is 24.4. The molecule has 81 heavy (non-hydrogen) atoms. The van der Waals surface area contributed by atoms with Gasteiger partial charge in [-0.3, -0.25) is 14.4 Å². The average molecular weight is 1130 g/mol. The molecule has 1 unspecified atom stereocenters. The minimum atomic E-state index is -0.778. The molecular formula is C75H134O6. The van der Waals surface area contributed by atoms with Gasteiger partial charge in [0.1, 0.15) is 13.2 Å². The van der Waals surface area contributed by atoms with E-state index < -0.39 is 6.10 Å². The van der Waals surface area contributed by atoms with Crippen LogP contribution in [0.3, 0.4) is 0 Å². The molecule has 0 aliphatic rings. The lowest BCUT2D eigenvalue weighted by Gasteiger charge is -2.18. The molecule has 0 bridgehead atoms. The van der Waals surface area contributed by atoms with Gasteiger partial charge in [-0.15, -0.1) is 0 Å². The van der Waals surface area contributed by atoms with Crippen molar-refractivity contribution in [2.75, 3.05) is 13.2 Å². The van der Waals surface area contributed by atoms with Crippen molar-refractivity contribution in [1.82, 2.24) is 0 Å². The number of esters is 3. The lowest BCUT2D eigenvalue weighted by molar-refractivity contribution is -0.167. The quantitative estimate of drug-likeness (QED) is 0.0261. The Morgan fingerprint density at radius 1 is 0.259 bits per heavy atom. The molecule has 0 N–H and O–H groups in total. The van der Waals surface area contributed by atoms with Gasteiger partial charge in [-0.1, -0.05) is 331 Å². The van der Waals surface area contributed by atoms with Crippen LogP contribution in [-0.2, 0) is 28.6 Å². The molecule has 0 saturated heterocycles. The Bertz CT molecular complexity index is 1490. The van der Waals surface area contributed by atoms with Crippen LogP contribution in [0.2, 0.25) is 0 Å². The van der Waals surface area contributed by atoms with E-state index >= 15 is 0 Å². The number of unbranched alkanes of at least 4 members (excludes halogenated alkanes) is 42. The van der Waals surface area contributed by atoms with Crippen LogP contribution < -0.4 is 0 Å². The molecule has 0 rings (SSSR count). The van der Waals surface area contributed by atoms with Crippen molar-refractivity contribution in [3.8, 4) is 0 Å². The first-order chi connectivity index (χ1) is 40.0. The molecule has 0 radical (unpaired) electrons. The zero-order chi connectivity index (χ0) is 58.5. The molecule has 0 saturated carbocycles. The van der Waals surface area contributed by atoms with Crippen LogP contribution in [0.5, 0.6) is 0 Å². The minimum Gasteiger partial charge on any atom is -0.462 e. The Labute approximate surface area is 503 Å². The third kappa shape index (κ3) is 67.5. The van der Waals surface area contributed by atoms with Crippen LogP contribution >= 0.6 is 0 Å². The monoisotopic (exact) mass is 1130 g/mol. The Hall–Kier alpha value is -3.15. The van der Waals surface area contributed by atoms with Gasteiger partial charge < -0.3 is 14.2 Å². The second-order valence-electron chi connectivity index (χ2n) is 23.8. The third-order valence-corrected chi connectivity index (χ3v) is 15.7.